The van der Waals surface area contributed by atoms with Crippen LogP contribution in [0, 0.1) is 11.3 Å². The maximum absolute atomic E-state index is 9.53. The minimum absolute atomic E-state index is 0.462. The zero-order valence-electron chi connectivity index (χ0n) is 19.7. The van der Waals surface area contributed by atoms with Crippen molar-refractivity contribution in [3.63, 3.8) is 0 Å². The van der Waals surface area contributed by atoms with Crippen molar-refractivity contribution in [2.24, 2.45) is 0 Å². The number of fused-ring (bicyclic) bond motifs is 3. The number of nitrogens with one attached hydrogen (secondary N) is 1. The predicted molar refractivity (Wildman–Crippen MR) is 135 cm³/mol. The molecule has 0 unspecified atom stereocenters. The van der Waals surface area contributed by atoms with E-state index in [4.69, 9.17) is 4.98 Å². The maximum atomic E-state index is 9.53. The molecule has 2 saturated heterocycles. The van der Waals surface area contributed by atoms with Gasteiger partial charge < -0.3 is 15.1 Å². The molecule has 1 N–H and O–H groups in total. The lowest BCUT2D eigenvalue weighted by Gasteiger charge is -2.46. The van der Waals surface area contributed by atoms with E-state index in [2.05, 4.69) is 62.4 Å². The summed E-state index contributed by atoms with van der Waals surface area (Å²) < 4.78 is 0. The van der Waals surface area contributed by atoms with Crippen molar-refractivity contribution >= 4 is 22.4 Å². The quantitative estimate of drug-likeness (QED) is 0.640. The Labute approximate surface area is 201 Å². The number of anilines is 2. The summed E-state index contributed by atoms with van der Waals surface area (Å²) in [5, 5.41) is 14.0. The molecule has 0 amide bonds. The van der Waals surface area contributed by atoms with E-state index in [9.17, 15) is 5.26 Å². The number of benzene rings is 1. The summed E-state index contributed by atoms with van der Waals surface area (Å²) in [4.78, 5) is 17.0. The fourth-order valence-electron chi connectivity index (χ4n) is 6.00. The monoisotopic (exact) mass is 453 g/mol. The Morgan fingerprint density at radius 3 is 2.91 bits per heavy atom. The van der Waals surface area contributed by atoms with Gasteiger partial charge in [-0.25, -0.2) is 4.98 Å². The molecule has 0 aliphatic carbocycles. The Kier molecular flexibility index (Phi) is 5.56. The molecule has 1 aromatic carbocycles. The number of nitriles is 1. The average Bonchev–Trinajstić information content (AvgIpc) is 3.11. The van der Waals surface area contributed by atoms with Gasteiger partial charge in [-0.15, -0.1) is 0 Å². The van der Waals surface area contributed by atoms with Gasteiger partial charge in [0.05, 0.1) is 11.1 Å². The molecular formula is C27H31N7. The smallest absolute Gasteiger partial charge is 0.128 e. The Hall–Kier alpha value is -3.21. The van der Waals surface area contributed by atoms with Gasteiger partial charge in [0.15, 0.2) is 0 Å². The zero-order chi connectivity index (χ0) is 23.1. The van der Waals surface area contributed by atoms with Crippen molar-refractivity contribution in [1.82, 2.24) is 20.2 Å². The van der Waals surface area contributed by atoms with Crippen molar-refractivity contribution in [2.45, 2.75) is 38.4 Å². The van der Waals surface area contributed by atoms with Crippen LogP contribution < -0.4 is 15.1 Å². The Morgan fingerprint density at radius 1 is 1.06 bits per heavy atom. The lowest BCUT2D eigenvalue weighted by atomic mass is 10.0. The van der Waals surface area contributed by atoms with E-state index >= 15 is 0 Å². The number of hydrogen-bond acceptors (Lipinski definition) is 7. The number of piperazine rings is 1. The van der Waals surface area contributed by atoms with Crippen molar-refractivity contribution in [1.29, 1.82) is 5.26 Å². The highest BCUT2D eigenvalue weighted by Crippen LogP contribution is 2.32. The summed E-state index contributed by atoms with van der Waals surface area (Å²) in [6.07, 6.45) is 6.06. The molecular weight excluding hydrogens is 422 g/mol. The van der Waals surface area contributed by atoms with E-state index in [-0.39, 0.29) is 0 Å². The second-order valence-corrected chi connectivity index (χ2v) is 9.80. The van der Waals surface area contributed by atoms with Gasteiger partial charge in [-0.1, -0.05) is 0 Å². The van der Waals surface area contributed by atoms with Crippen molar-refractivity contribution < 1.29 is 0 Å². The number of pyridine rings is 2. The van der Waals surface area contributed by atoms with E-state index in [1.165, 1.54) is 16.8 Å². The molecule has 3 aliphatic heterocycles. The number of aromatic nitrogens is 2. The van der Waals surface area contributed by atoms with Crippen LogP contribution in [0.15, 0.2) is 42.7 Å². The van der Waals surface area contributed by atoms with Gasteiger partial charge in [0.25, 0.3) is 0 Å². The van der Waals surface area contributed by atoms with Crippen LogP contribution in [0.3, 0.4) is 0 Å². The first kappa shape index (κ1) is 21.3. The van der Waals surface area contributed by atoms with Crippen LogP contribution in [0.4, 0.5) is 11.5 Å². The Morgan fingerprint density at radius 2 is 2.00 bits per heavy atom. The molecule has 174 valence electrons. The fourth-order valence-corrected chi connectivity index (χ4v) is 6.00. The van der Waals surface area contributed by atoms with Crippen molar-refractivity contribution in [3.05, 3.63) is 59.4 Å². The van der Waals surface area contributed by atoms with E-state index in [0.29, 0.717) is 17.6 Å². The molecule has 7 heteroatoms. The molecule has 34 heavy (non-hydrogen) atoms. The molecule has 6 rings (SSSR count). The molecule has 0 bridgehead atoms. The van der Waals surface area contributed by atoms with E-state index < -0.39 is 0 Å². The van der Waals surface area contributed by atoms with Crippen molar-refractivity contribution in [2.75, 3.05) is 49.1 Å². The zero-order valence-corrected chi connectivity index (χ0v) is 19.7. The van der Waals surface area contributed by atoms with Crippen LogP contribution >= 0.6 is 0 Å². The van der Waals surface area contributed by atoms with Gasteiger partial charge in [-0.2, -0.15) is 5.26 Å². The topological polar surface area (TPSA) is 71.3 Å². The standard InChI is InChI=1S/C27H31N7/c1-19-17-33(25-5-4-21(14-28)27-24(25)3-2-8-30-27)18-23-7-10-32(11-12-34(19)23)26-13-20-6-9-29-15-22(20)16-31-26/h2-5,8,13,16,19,23,29H,6-7,9-12,15,17-18H2,1H3/t19-,23+/m1/s1. The number of hydrogen-bond donors (Lipinski definition) is 1. The van der Waals surface area contributed by atoms with Crippen LogP contribution in [-0.2, 0) is 13.0 Å². The Bertz CT molecular complexity index is 1250. The molecule has 5 heterocycles. The van der Waals surface area contributed by atoms with Gasteiger partial charge in [-0.05, 0) is 67.8 Å². The van der Waals surface area contributed by atoms with E-state index in [1.54, 1.807) is 6.20 Å². The highest BCUT2D eigenvalue weighted by atomic mass is 15.3. The van der Waals surface area contributed by atoms with E-state index in [0.717, 1.165) is 75.4 Å². The molecule has 0 radical (unpaired) electrons. The molecule has 0 saturated carbocycles. The first-order valence-electron chi connectivity index (χ1n) is 12.4. The third-order valence-corrected chi connectivity index (χ3v) is 7.80. The van der Waals surface area contributed by atoms with Crippen molar-refractivity contribution in [3.8, 4) is 6.07 Å². The summed E-state index contributed by atoms with van der Waals surface area (Å²) in [5.74, 6) is 1.13. The normalized spacial score (nSPS) is 23.2. The fraction of sp³-hybridized carbons (Fsp3) is 0.444. The van der Waals surface area contributed by atoms with Crippen LogP contribution in [0.5, 0.6) is 0 Å². The second-order valence-electron chi connectivity index (χ2n) is 9.80. The van der Waals surface area contributed by atoms with Crippen LogP contribution in [0.1, 0.15) is 30.0 Å². The summed E-state index contributed by atoms with van der Waals surface area (Å²) in [7, 11) is 0. The first-order valence-corrected chi connectivity index (χ1v) is 12.4. The van der Waals surface area contributed by atoms with Gasteiger partial charge >= 0.3 is 0 Å². The summed E-state index contributed by atoms with van der Waals surface area (Å²) in [6.45, 7) is 9.44. The molecule has 2 aromatic heterocycles. The molecule has 7 nitrogen and oxygen atoms in total. The van der Waals surface area contributed by atoms with Gasteiger partial charge in [0.1, 0.15) is 11.9 Å². The molecule has 2 atom stereocenters. The lowest BCUT2D eigenvalue weighted by Crippen LogP contribution is -2.58. The second kappa shape index (κ2) is 8.86. The molecule has 0 spiro atoms. The van der Waals surface area contributed by atoms with E-state index in [1.807, 2.05) is 12.1 Å². The molecule has 2 fully saturated rings. The Balaban J connectivity index is 1.23. The summed E-state index contributed by atoms with van der Waals surface area (Å²) in [5.41, 5.74) is 5.43. The van der Waals surface area contributed by atoms with Gasteiger partial charge in [0.2, 0.25) is 0 Å². The first-order chi connectivity index (χ1) is 16.7. The average molecular weight is 454 g/mol. The van der Waals surface area contributed by atoms with Crippen LogP contribution in [0.2, 0.25) is 0 Å². The van der Waals surface area contributed by atoms with Gasteiger partial charge in [-0.3, -0.25) is 9.88 Å². The maximum Gasteiger partial charge on any atom is 0.128 e. The summed E-state index contributed by atoms with van der Waals surface area (Å²) >= 11 is 0. The van der Waals surface area contributed by atoms with Crippen LogP contribution in [0.25, 0.3) is 10.9 Å². The lowest BCUT2D eigenvalue weighted by molar-refractivity contribution is 0.130. The van der Waals surface area contributed by atoms with Crippen LogP contribution in [-0.4, -0.2) is 66.2 Å². The number of rotatable bonds is 2. The van der Waals surface area contributed by atoms with Gasteiger partial charge in [0, 0.05) is 74.8 Å². The predicted octanol–water partition coefficient (Wildman–Crippen LogP) is 2.94. The number of nitrogens with zero attached hydrogens (tertiary/aromatic N) is 6. The SMILES string of the molecule is C[C@@H]1CN(c2ccc(C#N)c3ncccc23)C[C@@H]2CCN(c3cc4c(cn3)CNCC4)CCN21. The molecule has 3 aliphatic rings. The third kappa shape index (κ3) is 3.77. The molecule has 3 aromatic rings. The minimum Gasteiger partial charge on any atom is -0.368 e. The largest absolute Gasteiger partial charge is 0.368 e. The highest BCUT2D eigenvalue weighted by molar-refractivity contribution is 5.95. The minimum atomic E-state index is 0.462. The third-order valence-electron chi connectivity index (χ3n) is 7.80. The highest BCUT2D eigenvalue weighted by Gasteiger charge is 2.35. The summed E-state index contributed by atoms with van der Waals surface area (Å²) in [6, 6.07) is 13.7.